The average molecular weight is 293 g/mol. The monoisotopic (exact) mass is 293 g/mol. The Morgan fingerprint density at radius 3 is 2.80 bits per heavy atom. The van der Waals surface area contributed by atoms with Gasteiger partial charge in [0.1, 0.15) is 6.04 Å². The van der Waals surface area contributed by atoms with E-state index >= 15 is 0 Å². The van der Waals surface area contributed by atoms with Crippen LogP contribution in [0, 0.1) is 6.92 Å². The fraction of sp³-hybridized carbons (Fsp3) is 0.467. The molecular weight excluding hydrogens is 274 g/mol. The zero-order chi connectivity index (χ0) is 14.7. The van der Waals surface area contributed by atoms with Crippen molar-refractivity contribution < 1.29 is 14.3 Å². The van der Waals surface area contributed by atoms with Crippen LogP contribution in [-0.4, -0.2) is 42.7 Å². The number of benzene rings is 1. The minimum atomic E-state index is -0.440. The average Bonchev–Trinajstić information content (AvgIpc) is 2.95. The summed E-state index contributed by atoms with van der Waals surface area (Å²) in [5.74, 6) is -0.402. The molecule has 1 aliphatic rings. The number of likely N-dealkylation sites (tertiary alicyclic amines) is 1. The molecule has 1 saturated heterocycles. The smallest absolute Gasteiger partial charge is 0.328 e. The summed E-state index contributed by atoms with van der Waals surface area (Å²) in [6, 6.07) is 5.40. The fourth-order valence-electron chi connectivity index (χ4n) is 2.50. The SMILES string of the molecule is COC(=O)C1CCCN1C(=O)c1cc(SC)ccc1C. The molecule has 1 aromatic carbocycles. The second-order valence-electron chi connectivity index (χ2n) is 4.86. The molecule has 108 valence electrons. The molecule has 0 saturated carbocycles. The molecule has 1 amide bonds. The molecule has 1 heterocycles. The van der Waals surface area contributed by atoms with Gasteiger partial charge < -0.3 is 9.64 Å². The summed E-state index contributed by atoms with van der Waals surface area (Å²) in [4.78, 5) is 27.1. The van der Waals surface area contributed by atoms with Crippen LogP contribution in [0.4, 0.5) is 0 Å². The Balaban J connectivity index is 2.28. The third kappa shape index (κ3) is 2.82. The first-order valence-electron chi connectivity index (χ1n) is 6.62. The molecule has 5 heteroatoms. The molecule has 0 aliphatic carbocycles. The Kier molecular flexibility index (Phi) is 4.70. The lowest BCUT2D eigenvalue weighted by Gasteiger charge is -2.23. The van der Waals surface area contributed by atoms with E-state index in [0.29, 0.717) is 18.5 Å². The van der Waals surface area contributed by atoms with Gasteiger partial charge in [-0.3, -0.25) is 4.79 Å². The number of esters is 1. The molecule has 1 fully saturated rings. The number of aryl methyl sites for hydroxylation is 1. The molecule has 4 nitrogen and oxygen atoms in total. The predicted octanol–water partition coefficient (Wildman–Crippen LogP) is 2.49. The van der Waals surface area contributed by atoms with Crippen molar-refractivity contribution >= 4 is 23.6 Å². The topological polar surface area (TPSA) is 46.6 Å². The van der Waals surface area contributed by atoms with Crippen LogP contribution in [0.5, 0.6) is 0 Å². The van der Waals surface area contributed by atoms with E-state index in [0.717, 1.165) is 16.9 Å². The lowest BCUT2D eigenvalue weighted by atomic mass is 10.1. The van der Waals surface area contributed by atoms with Crippen molar-refractivity contribution in [2.75, 3.05) is 19.9 Å². The second-order valence-corrected chi connectivity index (χ2v) is 5.74. The van der Waals surface area contributed by atoms with Gasteiger partial charge in [0.2, 0.25) is 0 Å². The Morgan fingerprint density at radius 2 is 2.15 bits per heavy atom. The van der Waals surface area contributed by atoms with Gasteiger partial charge >= 0.3 is 5.97 Å². The molecule has 0 bridgehead atoms. The van der Waals surface area contributed by atoms with Crippen molar-refractivity contribution in [2.24, 2.45) is 0 Å². The molecule has 2 rings (SSSR count). The normalized spacial score (nSPS) is 18.1. The van der Waals surface area contributed by atoms with Crippen molar-refractivity contribution in [1.29, 1.82) is 0 Å². The van der Waals surface area contributed by atoms with Crippen LogP contribution in [0.3, 0.4) is 0 Å². The molecule has 0 spiro atoms. The van der Waals surface area contributed by atoms with Gasteiger partial charge in [-0.2, -0.15) is 0 Å². The molecular formula is C15H19NO3S. The highest BCUT2D eigenvalue weighted by molar-refractivity contribution is 7.98. The van der Waals surface area contributed by atoms with E-state index in [2.05, 4.69) is 0 Å². The maximum absolute atomic E-state index is 12.7. The van der Waals surface area contributed by atoms with E-state index in [4.69, 9.17) is 4.74 Å². The van der Waals surface area contributed by atoms with Crippen molar-refractivity contribution in [3.05, 3.63) is 29.3 Å². The highest BCUT2D eigenvalue weighted by Crippen LogP contribution is 2.25. The van der Waals surface area contributed by atoms with Gasteiger partial charge in [0.05, 0.1) is 7.11 Å². The van der Waals surface area contributed by atoms with Gasteiger partial charge in [-0.25, -0.2) is 4.79 Å². The van der Waals surface area contributed by atoms with Gasteiger partial charge in [-0.15, -0.1) is 11.8 Å². The van der Waals surface area contributed by atoms with E-state index in [9.17, 15) is 9.59 Å². The maximum Gasteiger partial charge on any atom is 0.328 e. The molecule has 0 N–H and O–H groups in total. The zero-order valence-electron chi connectivity index (χ0n) is 12.0. The Labute approximate surface area is 123 Å². The van der Waals surface area contributed by atoms with Gasteiger partial charge in [0.25, 0.3) is 5.91 Å². The Bertz CT molecular complexity index is 530. The molecule has 20 heavy (non-hydrogen) atoms. The molecule has 1 atom stereocenters. The van der Waals surface area contributed by atoms with Gasteiger partial charge in [0, 0.05) is 17.0 Å². The van der Waals surface area contributed by atoms with Crippen LogP contribution >= 0.6 is 11.8 Å². The van der Waals surface area contributed by atoms with Gasteiger partial charge in [-0.05, 0) is 43.7 Å². The van der Waals surface area contributed by atoms with Crippen LogP contribution < -0.4 is 0 Å². The quantitative estimate of drug-likeness (QED) is 0.634. The first-order chi connectivity index (χ1) is 9.58. The number of nitrogens with zero attached hydrogens (tertiary/aromatic N) is 1. The van der Waals surface area contributed by atoms with Crippen LogP contribution in [0.2, 0.25) is 0 Å². The number of methoxy groups -OCH3 is 1. The van der Waals surface area contributed by atoms with Crippen LogP contribution in [0.25, 0.3) is 0 Å². The number of ether oxygens (including phenoxy) is 1. The van der Waals surface area contributed by atoms with E-state index in [1.54, 1.807) is 16.7 Å². The highest BCUT2D eigenvalue weighted by atomic mass is 32.2. The maximum atomic E-state index is 12.7. The molecule has 1 unspecified atom stereocenters. The first-order valence-corrected chi connectivity index (χ1v) is 7.84. The van der Waals surface area contributed by atoms with E-state index in [1.807, 2.05) is 31.4 Å². The summed E-state index contributed by atoms with van der Waals surface area (Å²) in [6.45, 7) is 2.53. The highest BCUT2D eigenvalue weighted by Gasteiger charge is 2.35. The first kappa shape index (κ1) is 14.9. The van der Waals surface area contributed by atoms with Crippen molar-refractivity contribution in [1.82, 2.24) is 4.90 Å². The lowest BCUT2D eigenvalue weighted by Crippen LogP contribution is -2.41. The van der Waals surface area contributed by atoms with Crippen molar-refractivity contribution in [2.45, 2.75) is 30.7 Å². The van der Waals surface area contributed by atoms with Crippen molar-refractivity contribution in [3.8, 4) is 0 Å². The number of thioether (sulfide) groups is 1. The predicted molar refractivity (Wildman–Crippen MR) is 79.0 cm³/mol. The van der Waals surface area contributed by atoms with Gasteiger partial charge in [0.15, 0.2) is 0 Å². The Morgan fingerprint density at radius 1 is 1.40 bits per heavy atom. The summed E-state index contributed by atoms with van der Waals surface area (Å²) in [5.41, 5.74) is 1.61. The second kappa shape index (κ2) is 6.31. The summed E-state index contributed by atoms with van der Waals surface area (Å²) in [7, 11) is 1.36. The number of hydrogen-bond donors (Lipinski definition) is 0. The standard InChI is InChI=1S/C15H19NO3S/c1-10-6-7-11(20-3)9-12(10)14(17)16-8-4-5-13(16)15(18)19-2/h6-7,9,13H,4-5,8H2,1-3H3. The number of amides is 1. The summed E-state index contributed by atoms with van der Waals surface area (Å²) in [5, 5.41) is 0. The summed E-state index contributed by atoms with van der Waals surface area (Å²) < 4.78 is 4.79. The molecule has 1 aliphatic heterocycles. The number of rotatable bonds is 3. The number of hydrogen-bond acceptors (Lipinski definition) is 4. The molecule has 0 aromatic heterocycles. The third-order valence-electron chi connectivity index (χ3n) is 3.66. The lowest BCUT2D eigenvalue weighted by molar-refractivity contribution is -0.145. The molecule has 0 radical (unpaired) electrons. The minimum Gasteiger partial charge on any atom is -0.467 e. The van der Waals surface area contributed by atoms with Crippen molar-refractivity contribution in [3.63, 3.8) is 0 Å². The summed E-state index contributed by atoms with van der Waals surface area (Å²) >= 11 is 1.60. The van der Waals surface area contributed by atoms with Crippen LogP contribution in [0.1, 0.15) is 28.8 Å². The molecule has 1 aromatic rings. The summed E-state index contributed by atoms with van der Waals surface area (Å²) in [6.07, 6.45) is 3.50. The fourth-order valence-corrected chi connectivity index (χ4v) is 2.94. The third-order valence-corrected chi connectivity index (χ3v) is 4.39. The minimum absolute atomic E-state index is 0.0775. The zero-order valence-corrected chi connectivity index (χ0v) is 12.8. The number of carbonyl (C=O) groups excluding carboxylic acids is 2. The van der Waals surface area contributed by atoms with Gasteiger partial charge in [-0.1, -0.05) is 6.07 Å². The number of carbonyl (C=O) groups is 2. The van der Waals surface area contributed by atoms with Crippen LogP contribution in [-0.2, 0) is 9.53 Å². The van der Waals surface area contributed by atoms with Crippen LogP contribution in [0.15, 0.2) is 23.1 Å². The van der Waals surface area contributed by atoms with E-state index in [1.165, 1.54) is 7.11 Å². The Hall–Kier alpha value is -1.49. The largest absolute Gasteiger partial charge is 0.467 e. The van der Waals surface area contributed by atoms with E-state index in [-0.39, 0.29) is 11.9 Å². The van der Waals surface area contributed by atoms with E-state index < -0.39 is 6.04 Å².